The first-order chi connectivity index (χ1) is 8.88. The van der Waals surface area contributed by atoms with Crippen molar-refractivity contribution >= 4 is 27.5 Å². The fraction of sp³-hybridized carbons (Fsp3) is 0.500. The second-order valence-corrected chi connectivity index (χ2v) is 7.76. The van der Waals surface area contributed by atoms with Gasteiger partial charge in [-0.15, -0.1) is 0 Å². The Bertz CT molecular complexity index is 566. The zero-order valence-corrected chi connectivity index (χ0v) is 12.3. The number of thioether (sulfide) groups is 1. The van der Waals surface area contributed by atoms with E-state index in [0.29, 0.717) is 6.54 Å². The molecule has 1 aromatic carbocycles. The topological polar surface area (TPSA) is 72.2 Å². The largest absolute Gasteiger partial charge is 0.398 e. The Labute approximate surface area is 117 Å². The van der Waals surface area contributed by atoms with E-state index >= 15 is 0 Å². The molecule has 0 atom stereocenters. The molecule has 1 fully saturated rings. The third kappa shape index (κ3) is 3.04. The van der Waals surface area contributed by atoms with E-state index in [1.54, 1.807) is 11.8 Å². The average molecular weight is 304 g/mol. The van der Waals surface area contributed by atoms with Crippen molar-refractivity contribution in [1.82, 2.24) is 4.72 Å². The summed E-state index contributed by atoms with van der Waals surface area (Å²) in [7, 11) is -3.68. The summed E-state index contributed by atoms with van der Waals surface area (Å²) >= 11 is 1.68. The highest BCUT2D eigenvalue weighted by atomic mass is 32.2. The monoisotopic (exact) mass is 304 g/mol. The Morgan fingerprint density at radius 1 is 1.47 bits per heavy atom. The van der Waals surface area contributed by atoms with Crippen molar-refractivity contribution in [3.8, 4) is 0 Å². The second-order valence-electron chi connectivity index (χ2n) is 4.75. The summed E-state index contributed by atoms with van der Waals surface area (Å²) in [6.45, 7) is 0.382. The Morgan fingerprint density at radius 2 is 2.16 bits per heavy atom. The highest BCUT2D eigenvalue weighted by molar-refractivity contribution is 8.00. The minimum absolute atomic E-state index is 0.00185. The molecule has 106 valence electrons. The summed E-state index contributed by atoms with van der Waals surface area (Å²) in [6, 6.07) is 3.31. The molecular weight excluding hydrogens is 287 g/mol. The standard InChI is InChI=1S/C12H17FN2O2S2/c1-18-12(5-2-6-12)8-15-19(16,17)11-4-3-9(13)7-10(11)14/h3-4,7,15H,2,5-6,8,14H2,1H3. The van der Waals surface area contributed by atoms with Crippen molar-refractivity contribution in [3.63, 3.8) is 0 Å². The van der Waals surface area contributed by atoms with Crippen LogP contribution in [0.2, 0.25) is 0 Å². The SMILES string of the molecule is CSC1(CNS(=O)(=O)c2ccc(F)cc2N)CCC1. The number of anilines is 1. The van der Waals surface area contributed by atoms with Crippen molar-refractivity contribution in [2.75, 3.05) is 18.5 Å². The number of nitrogen functional groups attached to an aromatic ring is 1. The van der Waals surface area contributed by atoms with Gasteiger partial charge in [0.1, 0.15) is 10.7 Å². The van der Waals surface area contributed by atoms with E-state index in [1.807, 2.05) is 6.26 Å². The predicted octanol–water partition coefficient (Wildman–Crippen LogP) is 1.97. The first-order valence-corrected chi connectivity index (χ1v) is 8.69. The summed E-state index contributed by atoms with van der Waals surface area (Å²) in [5.74, 6) is -0.545. The van der Waals surface area contributed by atoms with E-state index in [2.05, 4.69) is 4.72 Å². The van der Waals surface area contributed by atoms with Gasteiger partial charge in [0.25, 0.3) is 0 Å². The molecule has 0 heterocycles. The summed E-state index contributed by atoms with van der Waals surface area (Å²) in [6.07, 6.45) is 5.13. The highest BCUT2D eigenvalue weighted by Crippen LogP contribution is 2.42. The van der Waals surface area contributed by atoms with Gasteiger partial charge in [-0.05, 0) is 37.3 Å². The van der Waals surface area contributed by atoms with Crippen molar-refractivity contribution in [1.29, 1.82) is 0 Å². The summed E-state index contributed by atoms with van der Waals surface area (Å²) in [5, 5.41) is 0. The molecule has 3 N–H and O–H groups in total. The fourth-order valence-corrected chi connectivity index (χ4v) is 4.34. The molecule has 0 aliphatic heterocycles. The van der Waals surface area contributed by atoms with Gasteiger partial charge in [0.2, 0.25) is 10.0 Å². The highest BCUT2D eigenvalue weighted by Gasteiger charge is 2.37. The van der Waals surface area contributed by atoms with E-state index in [1.165, 1.54) is 6.07 Å². The van der Waals surface area contributed by atoms with E-state index in [-0.39, 0.29) is 15.3 Å². The van der Waals surface area contributed by atoms with Crippen LogP contribution in [0.15, 0.2) is 23.1 Å². The van der Waals surface area contributed by atoms with Crippen LogP contribution in [0.3, 0.4) is 0 Å². The molecule has 7 heteroatoms. The molecule has 1 aliphatic carbocycles. The normalized spacial score (nSPS) is 18.0. The first kappa shape index (κ1) is 14.6. The molecule has 1 aromatic rings. The Kier molecular flexibility index (Phi) is 4.08. The summed E-state index contributed by atoms with van der Waals surface area (Å²) in [4.78, 5) is -0.0653. The number of sulfonamides is 1. The third-order valence-electron chi connectivity index (χ3n) is 3.54. The van der Waals surface area contributed by atoms with Crippen LogP contribution < -0.4 is 10.5 Å². The number of hydrogen-bond donors (Lipinski definition) is 2. The number of nitrogens with one attached hydrogen (secondary N) is 1. The molecule has 2 rings (SSSR count). The van der Waals surface area contributed by atoms with Crippen LogP contribution in [0.1, 0.15) is 19.3 Å². The molecule has 4 nitrogen and oxygen atoms in total. The van der Waals surface area contributed by atoms with Crippen LogP contribution in [-0.2, 0) is 10.0 Å². The maximum atomic E-state index is 12.9. The van der Waals surface area contributed by atoms with E-state index in [0.717, 1.165) is 31.4 Å². The lowest BCUT2D eigenvalue weighted by Gasteiger charge is -2.40. The number of hydrogen-bond acceptors (Lipinski definition) is 4. The average Bonchev–Trinajstić information content (AvgIpc) is 2.27. The fourth-order valence-electron chi connectivity index (χ4n) is 2.09. The lowest BCUT2D eigenvalue weighted by molar-refractivity contribution is 0.362. The molecule has 1 saturated carbocycles. The summed E-state index contributed by atoms with van der Waals surface area (Å²) in [5.41, 5.74) is 5.49. The number of nitrogens with two attached hydrogens (primary N) is 1. The van der Waals surface area contributed by atoms with E-state index in [9.17, 15) is 12.8 Å². The van der Waals surface area contributed by atoms with Crippen LogP contribution in [0.4, 0.5) is 10.1 Å². The van der Waals surface area contributed by atoms with Crippen molar-refractivity contribution in [2.24, 2.45) is 0 Å². The molecule has 0 bridgehead atoms. The zero-order valence-electron chi connectivity index (χ0n) is 10.6. The van der Waals surface area contributed by atoms with Gasteiger partial charge >= 0.3 is 0 Å². The molecule has 0 unspecified atom stereocenters. The number of benzene rings is 1. The van der Waals surface area contributed by atoms with Crippen molar-refractivity contribution < 1.29 is 12.8 Å². The maximum Gasteiger partial charge on any atom is 0.242 e. The minimum Gasteiger partial charge on any atom is -0.398 e. The Morgan fingerprint density at radius 3 is 2.63 bits per heavy atom. The molecule has 0 radical (unpaired) electrons. The van der Waals surface area contributed by atoms with Gasteiger partial charge in [-0.2, -0.15) is 11.8 Å². The van der Waals surface area contributed by atoms with E-state index < -0.39 is 15.8 Å². The van der Waals surface area contributed by atoms with Crippen molar-refractivity contribution in [3.05, 3.63) is 24.0 Å². The third-order valence-corrected chi connectivity index (χ3v) is 6.44. The molecular formula is C12H17FN2O2S2. The minimum atomic E-state index is -3.68. The second kappa shape index (κ2) is 5.30. The van der Waals surface area contributed by atoms with Crippen LogP contribution in [-0.4, -0.2) is 26.0 Å². The molecule has 0 amide bonds. The van der Waals surface area contributed by atoms with Crippen LogP contribution in [0.25, 0.3) is 0 Å². The predicted molar refractivity (Wildman–Crippen MR) is 76.1 cm³/mol. The summed E-state index contributed by atoms with van der Waals surface area (Å²) < 4.78 is 39.8. The zero-order chi connectivity index (χ0) is 14.1. The molecule has 0 spiro atoms. The van der Waals surface area contributed by atoms with Gasteiger partial charge in [0.05, 0.1) is 5.69 Å². The van der Waals surface area contributed by atoms with Gasteiger partial charge < -0.3 is 5.73 Å². The smallest absolute Gasteiger partial charge is 0.242 e. The quantitative estimate of drug-likeness (QED) is 0.816. The Hall–Kier alpha value is -0.790. The number of rotatable bonds is 5. The molecule has 19 heavy (non-hydrogen) atoms. The van der Waals surface area contributed by atoms with Crippen molar-refractivity contribution in [2.45, 2.75) is 28.9 Å². The van der Waals surface area contributed by atoms with Gasteiger partial charge in [-0.1, -0.05) is 6.42 Å². The van der Waals surface area contributed by atoms with Crippen LogP contribution >= 0.6 is 11.8 Å². The van der Waals surface area contributed by atoms with Crippen LogP contribution in [0.5, 0.6) is 0 Å². The van der Waals surface area contributed by atoms with Gasteiger partial charge in [-0.3, -0.25) is 0 Å². The van der Waals surface area contributed by atoms with E-state index in [4.69, 9.17) is 5.73 Å². The van der Waals surface area contributed by atoms with Gasteiger partial charge in [-0.25, -0.2) is 17.5 Å². The lowest BCUT2D eigenvalue weighted by atomic mass is 9.84. The van der Waals surface area contributed by atoms with Gasteiger partial charge in [0, 0.05) is 11.3 Å². The lowest BCUT2D eigenvalue weighted by Crippen LogP contribution is -2.45. The van der Waals surface area contributed by atoms with Crippen LogP contribution in [0, 0.1) is 5.82 Å². The maximum absolute atomic E-state index is 12.9. The first-order valence-electron chi connectivity index (χ1n) is 5.98. The number of halogens is 1. The molecule has 0 saturated heterocycles. The Balaban J connectivity index is 2.14. The molecule has 1 aliphatic rings. The van der Waals surface area contributed by atoms with Gasteiger partial charge in [0.15, 0.2) is 0 Å². The molecule has 0 aromatic heterocycles.